The topological polar surface area (TPSA) is 0 Å². The van der Waals surface area contributed by atoms with Crippen LogP contribution in [-0.4, -0.2) is 0 Å². The van der Waals surface area contributed by atoms with Crippen molar-refractivity contribution >= 4 is 64.6 Å². The van der Waals surface area contributed by atoms with Gasteiger partial charge >= 0.3 is 0 Å². The van der Waals surface area contributed by atoms with Crippen LogP contribution in [0.5, 0.6) is 0 Å². The Hall–Kier alpha value is -15.6. The molecule has 0 bridgehead atoms. The van der Waals surface area contributed by atoms with E-state index in [1.165, 1.54) is 265 Å². The molecule has 22 aromatic carbocycles. The van der Waals surface area contributed by atoms with Crippen molar-refractivity contribution in [1.82, 2.24) is 0 Å². The lowest BCUT2D eigenvalue weighted by atomic mass is 9.63. The first-order valence-corrected chi connectivity index (χ1v) is 43.4. The zero-order valence-corrected chi connectivity index (χ0v) is 67.1. The van der Waals surface area contributed by atoms with Crippen molar-refractivity contribution in [3.8, 4) is 134 Å². The predicted molar refractivity (Wildman–Crippen MR) is 513 cm³/mol. The van der Waals surface area contributed by atoms with Crippen LogP contribution in [0.1, 0.15) is 66.8 Å². The zero-order valence-electron chi connectivity index (χ0n) is 67.1. The zero-order chi connectivity index (χ0) is 80.1. The second kappa shape index (κ2) is 24.8. The number of rotatable bonds is 6. The van der Waals surface area contributed by atoms with Crippen LogP contribution in [0.2, 0.25) is 0 Å². The molecule has 0 heterocycles. The van der Waals surface area contributed by atoms with Gasteiger partial charge < -0.3 is 0 Å². The molecule has 0 fully saturated rings. The predicted octanol–water partition coefficient (Wildman–Crippen LogP) is 31.6. The molecule has 0 unspecified atom stereocenters. The van der Waals surface area contributed by atoms with Crippen LogP contribution in [-0.2, 0) is 16.2 Å². The third-order valence-corrected chi connectivity index (χ3v) is 29.4. The van der Waals surface area contributed by atoms with E-state index in [9.17, 15) is 0 Å². The van der Waals surface area contributed by atoms with Crippen LogP contribution in [0, 0.1) is 0 Å². The molecule has 0 saturated heterocycles. The average Bonchev–Trinajstić information content (AvgIpc) is 1.45. The molecule has 564 valence electrons. The normalized spacial score (nSPS) is 14.0. The molecule has 0 N–H and O–H groups in total. The minimum atomic E-state index is -0.918. The maximum absolute atomic E-state index is 2.71. The van der Waals surface area contributed by atoms with Crippen molar-refractivity contribution in [2.45, 2.75) is 16.2 Å². The van der Waals surface area contributed by atoms with Crippen molar-refractivity contribution in [3.05, 3.63) is 504 Å². The molecule has 0 nitrogen and oxygen atoms in total. The average molecular weight is 1550 g/mol. The number of benzene rings is 22. The molecule has 0 heteroatoms. The van der Waals surface area contributed by atoms with Crippen LogP contribution >= 0.6 is 0 Å². The first kappa shape index (κ1) is 67.3. The first-order chi connectivity index (χ1) is 61.1. The van der Waals surface area contributed by atoms with E-state index in [1.807, 2.05) is 0 Å². The standard InChI is InChI=1S/C123H72/c1-4-34-73(35-5-1)109-85-46-10-16-52-91(85)112(92-53-17-11-47-86(92)109)76-64-67-97-106(70-76)121(100-58-28-22-40-79(100)80-41-23-29-59-101(80)121)118-115(97)119-117(99-69-66-78(72-108(99)122(119)102-60-30-24-42-81(102)82-43-25-31-61-103(82)122)114-95-56-20-14-50-89(95)111(75-38-8-3-9-39-75)90-51-15-21-57-96(90)114)120-116(118)98-68-65-77(71-107(98)123(120)104-62-32-26-44-83(104)84-45-27-33-63-105(84)123)113-93-54-18-12-48-87(93)110(74-36-6-2-7-37-74)88-49-13-19-55-94(88)113/h1-72H. The molecular weight excluding hydrogens is 1480 g/mol. The van der Waals surface area contributed by atoms with Crippen LogP contribution in [0.3, 0.4) is 0 Å². The highest BCUT2D eigenvalue weighted by Gasteiger charge is 2.65. The van der Waals surface area contributed by atoms with Crippen LogP contribution in [0.4, 0.5) is 0 Å². The van der Waals surface area contributed by atoms with Gasteiger partial charge in [0, 0.05) is 0 Å². The van der Waals surface area contributed by atoms with Crippen LogP contribution < -0.4 is 0 Å². The Morgan fingerprint density at radius 2 is 0.268 bits per heavy atom. The second-order valence-electron chi connectivity index (χ2n) is 34.7. The smallest absolute Gasteiger partial charge is 0.0622 e. The van der Waals surface area contributed by atoms with Crippen LogP contribution in [0.25, 0.3) is 198 Å². The number of hydrogen-bond donors (Lipinski definition) is 0. The lowest BCUT2D eigenvalue weighted by molar-refractivity contribution is 0.764. The summed E-state index contributed by atoms with van der Waals surface area (Å²) >= 11 is 0. The summed E-state index contributed by atoms with van der Waals surface area (Å²) in [5.74, 6) is 0. The number of hydrogen-bond acceptors (Lipinski definition) is 0. The lowest BCUT2D eigenvalue weighted by Gasteiger charge is -2.37. The summed E-state index contributed by atoms with van der Waals surface area (Å²) in [7, 11) is 0. The van der Waals surface area contributed by atoms with E-state index in [0.717, 1.165) is 0 Å². The maximum atomic E-state index is 2.71. The van der Waals surface area contributed by atoms with Crippen molar-refractivity contribution in [2.24, 2.45) is 0 Å². The fraction of sp³-hybridized carbons (Fsp3) is 0.0244. The summed E-state index contributed by atoms with van der Waals surface area (Å²) in [5, 5.41) is 14.8. The Morgan fingerprint density at radius 3 is 0.463 bits per heavy atom. The van der Waals surface area contributed by atoms with E-state index >= 15 is 0 Å². The van der Waals surface area contributed by atoms with Crippen molar-refractivity contribution in [2.75, 3.05) is 0 Å². The summed E-state index contributed by atoms with van der Waals surface area (Å²) in [5.41, 5.74) is 43.1. The molecule has 123 heavy (non-hydrogen) atoms. The Balaban J connectivity index is 0.847. The minimum absolute atomic E-state index is 0.918. The fourth-order valence-corrected chi connectivity index (χ4v) is 25.2. The molecule has 28 rings (SSSR count). The van der Waals surface area contributed by atoms with E-state index in [-0.39, 0.29) is 0 Å². The van der Waals surface area contributed by atoms with E-state index in [4.69, 9.17) is 0 Å². The largest absolute Gasteiger partial charge is 0.0731 e. The van der Waals surface area contributed by atoms with Crippen molar-refractivity contribution < 1.29 is 0 Å². The van der Waals surface area contributed by atoms with Gasteiger partial charge in [0.1, 0.15) is 0 Å². The summed E-state index contributed by atoms with van der Waals surface area (Å²) in [6.07, 6.45) is 0. The molecular formula is C123H72. The van der Waals surface area contributed by atoms with E-state index in [0.29, 0.717) is 0 Å². The van der Waals surface area contributed by atoms with Gasteiger partial charge in [0.15, 0.2) is 0 Å². The first-order valence-electron chi connectivity index (χ1n) is 43.4. The van der Waals surface area contributed by atoms with Gasteiger partial charge in [-0.3, -0.25) is 0 Å². The number of fused-ring (bicyclic) bond motifs is 39. The fourth-order valence-electron chi connectivity index (χ4n) is 25.2. The van der Waals surface area contributed by atoms with Gasteiger partial charge in [0.25, 0.3) is 0 Å². The summed E-state index contributed by atoms with van der Waals surface area (Å²) in [6, 6.07) is 170. The SMILES string of the molecule is c1ccc(-c2c3ccccc3c(-c3ccc4c(c3)C3(c5ccccc5-c5ccccc53)c3c-4c4c(c5c3-c3ccc(-c6c7ccccc7c(-c7ccccc7)c7ccccc67)cc3C53c5ccccc5-c5ccccc53)-c3ccc(-c5c6ccccc6c(-c6ccccc6)c6ccccc56)cc3C43c4ccccc4-c4ccccc43)c3ccccc23)cc1. The molecule has 0 amide bonds. The molecule has 0 aromatic heterocycles. The van der Waals surface area contributed by atoms with Gasteiger partial charge in [0.05, 0.1) is 16.2 Å². The van der Waals surface area contributed by atoms with E-state index in [2.05, 4.69) is 437 Å². The Bertz CT molecular complexity index is 7370. The Labute approximate surface area is 712 Å². The highest BCUT2D eigenvalue weighted by atomic mass is 14.7. The molecule has 22 aromatic rings. The molecule has 0 atom stereocenters. The van der Waals surface area contributed by atoms with Crippen molar-refractivity contribution in [3.63, 3.8) is 0 Å². The van der Waals surface area contributed by atoms with Gasteiger partial charge in [-0.15, -0.1) is 0 Å². The van der Waals surface area contributed by atoms with Crippen molar-refractivity contribution in [1.29, 1.82) is 0 Å². The molecule has 3 spiro atoms. The highest BCUT2D eigenvalue weighted by Crippen LogP contribution is 2.78. The van der Waals surface area contributed by atoms with Crippen LogP contribution in [0.15, 0.2) is 437 Å². The summed E-state index contributed by atoms with van der Waals surface area (Å²) in [4.78, 5) is 0. The maximum Gasteiger partial charge on any atom is 0.0731 e. The quantitative estimate of drug-likeness (QED) is 0.146. The monoisotopic (exact) mass is 1550 g/mol. The second-order valence-corrected chi connectivity index (χ2v) is 34.7. The van der Waals surface area contributed by atoms with E-state index < -0.39 is 16.2 Å². The minimum Gasteiger partial charge on any atom is -0.0622 e. The third kappa shape index (κ3) is 8.41. The Kier molecular flexibility index (Phi) is 13.6. The van der Waals surface area contributed by atoms with Gasteiger partial charge in [0.2, 0.25) is 0 Å². The Morgan fingerprint density at radius 1 is 0.106 bits per heavy atom. The van der Waals surface area contributed by atoms with Gasteiger partial charge in [-0.05, 0) is 283 Å². The van der Waals surface area contributed by atoms with E-state index in [1.54, 1.807) is 0 Å². The third-order valence-electron chi connectivity index (χ3n) is 29.4. The molecule has 0 saturated carbocycles. The van der Waals surface area contributed by atoms with Gasteiger partial charge in [-0.2, -0.15) is 0 Å². The summed E-state index contributed by atoms with van der Waals surface area (Å²) in [6.45, 7) is 0. The summed E-state index contributed by atoms with van der Waals surface area (Å²) < 4.78 is 0. The highest BCUT2D eigenvalue weighted by molar-refractivity contribution is 6.26. The molecule has 6 aliphatic carbocycles. The van der Waals surface area contributed by atoms with Gasteiger partial charge in [-0.1, -0.05) is 419 Å². The van der Waals surface area contributed by atoms with Gasteiger partial charge in [-0.25, -0.2) is 0 Å². The molecule has 6 aliphatic rings. The molecule has 0 radical (unpaired) electrons. The molecule has 0 aliphatic heterocycles. The lowest BCUT2D eigenvalue weighted by Crippen LogP contribution is -2.31.